The molecule has 0 saturated heterocycles. The van der Waals surface area contributed by atoms with Gasteiger partial charge in [-0.2, -0.15) is 0 Å². The zero-order valence-electron chi connectivity index (χ0n) is 12.7. The quantitative estimate of drug-likeness (QED) is 0.627. The zero-order chi connectivity index (χ0) is 14.4. The highest BCUT2D eigenvalue weighted by molar-refractivity contribution is 7.09. The molecule has 0 spiro atoms. The summed E-state index contributed by atoms with van der Waals surface area (Å²) in [4.78, 5) is 0. The van der Waals surface area contributed by atoms with Crippen LogP contribution in [0.15, 0.2) is 66.2 Å². The summed E-state index contributed by atoms with van der Waals surface area (Å²) in [5, 5.41) is 3.29. The van der Waals surface area contributed by atoms with Crippen LogP contribution >= 0.6 is 0 Å². The van der Waals surface area contributed by atoms with E-state index >= 15 is 0 Å². The van der Waals surface area contributed by atoms with Crippen LogP contribution in [0, 0.1) is 0 Å². The third-order valence-corrected chi connectivity index (χ3v) is 8.59. The van der Waals surface area contributed by atoms with Gasteiger partial charge in [0.25, 0.3) is 0 Å². The van der Waals surface area contributed by atoms with Gasteiger partial charge in [-0.1, -0.05) is 73.8 Å². The minimum Gasteiger partial charge on any atom is -0.0622 e. The van der Waals surface area contributed by atoms with Gasteiger partial charge in [0.15, 0.2) is 0 Å². The first-order valence-corrected chi connectivity index (χ1v) is 10.8. The molecule has 2 aromatic rings. The summed E-state index contributed by atoms with van der Waals surface area (Å²) >= 11 is 0. The Balaban J connectivity index is 1.87. The molecule has 0 atom stereocenters. The molecule has 0 unspecified atom stereocenters. The fourth-order valence-electron chi connectivity index (χ4n) is 3.98. The van der Waals surface area contributed by atoms with Crippen molar-refractivity contribution in [3.05, 3.63) is 82.9 Å². The number of aryl methyl sites for hydroxylation is 1. The molecule has 0 bridgehead atoms. The summed E-state index contributed by atoms with van der Waals surface area (Å²) in [7, 11) is -1.58. The molecule has 2 aliphatic rings. The highest BCUT2D eigenvalue weighted by atomic mass is 28.3. The lowest BCUT2D eigenvalue weighted by Gasteiger charge is -2.29. The second kappa shape index (κ2) is 4.57. The van der Waals surface area contributed by atoms with Gasteiger partial charge in [0.1, 0.15) is 8.07 Å². The molecule has 0 amide bonds. The largest absolute Gasteiger partial charge is 0.114 e. The Hall–Kier alpha value is -1.86. The highest BCUT2D eigenvalue weighted by Crippen LogP contribution is 2.48. The summed E-state index contributed by atoms with van der Waals surface area (Å²) < 4.78 is 0. The van der Waals surface area contributed by atoms with Crippen LogP contribution in [0.4, 0.5) is 0 Å². The minimum atomic E-state index is -1.58. The maximum absolute atomic E-state index is 2.51. The van der Waals surface area contributed by atoms with E-state index in [4.69, 9.17) is 0 Å². The number of allylic oxidation sites excluding steroid dienone is 2. The maximum atomic E-state index is 2.51. The average Bonchev–Trinajstić information content (AvgIpc) is 2.80. The van der Waals surface area contributed by atoms with Crippen LogP contribution in [-0.2, 0) is 6.42 Å². The molecule has 21 heavy (non-hydrogen) atoms. The Bertz CT molecular complexity index is 763. The summed E-state index contributed by atoms with van der Waals surface area (Å²) in [5.74, 6) is 0. The molecular weight excluding hydrogens is 268 g/mol. The standard InChI is InChI=1S/C20H20Si/c1-21(2)19(16-9-4-3-5-10-16)14-17-13-12-15-8-6-7-11-18(15)20(17)21/h3-11,14H,12-13H2,1-2H3. The summed E-state index contributed by atoms with van der Waals surface area (Å²) in [6, 6.07) is 20.0. The van der Waals surface area contributed by atoms with Crippen molar-refractivity contribution in [3.63, 3.8) is 0 Å². The van der Waals surface area contributed by atoms with Gasteiger partial charge in [-0.05, 0) is 45.5 Å². The molecule has 104 valence electrons. The van der Waals surface area contributed by atoms with E-state index in [1.165, 1.54) is 24.0 Å². The lowest BCUT2D eigenvalue weighted by molar-refractivity contribution is 0.949. The molecule has 2 aromatic carbocycles. The lowest BCUT2D eigenvalue weighted by atomic mass is 9.92. The van der Waals surface area contributed by atoms with Crippen LogP contribution in [0.2, 0.25) is 13.1 Å². The molecule has 1 aliphatic heterocycles. The Morgan fingerprint density at radius 3 is 2.33 bits per heavy atom. The molecule has 0 fully saturated rings. The molecule has 0 radical (unpaired) electrons. The number of hydrogen-bond acceptors (Lipinski definition) is 0. The van der Waals surface area contributed by atoms with Crippen LogP contribution in [-0.4, -0.2) is 8.07 Å². The fourth-order valence-corrected chi connectivity index (χ4v) is 7.59. The topological polar surface area (TPSA) is 0 Å². The van der Waals surface area contributed by atoms with E-state index in [-0.39, 0.29) is 0 Å². The van der Waals surface area contributed by atoms with Crippen molar-refractivity contribution in [2.75, 3.05) is 0 Å². The Morgan fingerprint density at radius 1 is 0.810 bits per heavy atom. The van der Waals surface area contributed by atoms with Crippen molar-refractivity contribution in [1.29, 1.82) is 0 Å². The highest BCUT2D eigenvalue weighted by Gasteiger charge is 2.40. The van der Waals surface area contributed by atoms with Crippen molar-refractivity contribution in [2.24, 2.45) is 0 Å². The van der Waals surface area contributed by atoms with Gasteiger partial charge < -0.3 is 0 Å². The van der Waals surface area contributed by atoms with Crippen LogP contribution < -0.4 is 0 Å². The van der Waals surface area contributed by atoms with Crippen LogP contribution in [0.3, 0.4) is 0 Å². The smallest absolute Gasteiger partial charge is 0.0622 e. The molecule has 1 aliphatic carbocycles. The predicted molar refractivity (Wildman–Crippen MR) is 93.6 cm³/mol. The molecule has 0 N–H and O–H groups in total. The maximum Gasteiger partial charge on any atom is 0.114 e. The van der Waals surface area contributed by atoms with Crippen LogP contribution in [0.5, 0.6) is 0 Å². The lowest BCUT2D eigenvalue weighted by Crippen LogP contribution is -2.29. The molecular formula is C20H20Si. The monoisotopic (exact) mass is 288 g/mol. The molecule has 0 nitrogen and oxygen atoms in total. The van der Waals surface area contributed by atoms with Crippen molar-refractivity contribution >= 4 is 18.5 Å². The van der Waals surface area contributed by atoms with E-state index in [1.807, 2.05) is 0 Å². The van der Waals surface area contributed by atoms with Crippen molar-refractivity contribution in [2.45, 2.75) is 25.9 Å². The van der Waals surface area contributed by atoms with Gasteiger partial charge in [0, 0.05) is 0 Å². The zero-order valence-corrected chi connectivity index (χ0v) is 13.7. The van der Waals surface area contributed by atoms with E-state index in [0.29, 0.717) is 0 Å². The van der Waals surface area contributed by atoms with Crippen LogP contribution in [0.1, 0.15) is 23.1 Å². The van der Waals surface area contributed by atoms with Gasteiger partial charge in [0.05, 0.1) is 0 Å². The van der Waals surface area contributed by atoms with E-state index in [9.17, 15) is 0 Å². The van der Waals surface area contributed by atoms with Crippen LogP contribution in [0.25, 0.3) is 10.4 Å². The predicted octanol–water partition coefficient (Wildman–Crippen LogP) is 5.27. The molecule has 0 saturated carbocycles. The molecule has 4 rings (SSSR count). The summed E-state index contributed by atoms with van der Waals surface area (Å²) in [5.41, 5.74) is 6.09. The third-order valence-electron chi connectivity index (χ3n) is 4.97. The van der Waals surface area contributed by atoms with Gasteiger partial charge in [-0.3, -0.25) is 0 Å². The second-order valence-electron chi connectivity index (χ2n) is 6.61. The van der Waals surface area contributed by atoms with Crippen molar-refractivity contribution in [1.82, 2.24) is 0 Å². The van der Waals surface area contributed by atoms with E-state index in [1.54, 1.807) is 21.5 Å². The van der Waals surface area contributed by atoms with Gasteiger partial charge in [-0.25, -0.2) is 0 Å². The number of hydrogen-bond donors (Lipinski definition) is 0. The molecule has 1 heterocycles. The third kappa shape index (κ3) is 1.88. The molecule has 1 heteroatoms. The summed E-state index contributed by atoms with van der Waals surface area (Å²) in [6.07, 6.45) is 4.91. The normalized spacial score (nSPS) is 19.0. The first-order valence-electron chi connectivity index (χ1n) is 7.77. The second-order valence-corrected chi connectivity index (χ2v) is 10.9. The fraction of sp³-hybridized carbons (Fsp3) is 0.200. The van der Waals surface area contributed by atoms with Gasteiger partial charge in [-0.15, -0.1) is 0 Å². The Morgan fingerprint density at radius 2 is 1.52 bits per heavy atom. The minimum absolute atomic E-state index is 1.19. The van der Waals surface area contributed by atoms with E-state index in [0.717, 1.165) is 0 Å². The average molecular weight is 288 g/mol. The number of fused-ring (bicyclic) bond motifs is 2. The summed E-state index contributed by atoms with van der Waals surface area (Å²) in [6.45, 7) is 5.02. The SMILES string of the molecule is C[Si]1(C)C(c2ccccc2)=CC2=C1c1ccccc1CC2. The van der Waals surface area contributed by atoms with Crippen molar-refractivity contribution < 1.29 is 0 Å². The first kappa shape index (κ1) is 12.8. The van der Waals surface area contributed by atoms with Gasteiger partial charge in [0.2, 0.25) is 0 Å². The van der Waals surface area contributed by atoms with Gasteiger partial charge >= 0.3 is 0 Å². The Kier molecular flexibility index (Phi) is 2.80. The number of rotatable bonds is 1. The van der Waals surface area contributed by atoms with E-state index < -0.39 is 8.07 Å². The Labute approximate surface area is 127 Å². The van der Waals surface area contributed by atoms with E-state index in [2.05, 4.69) is 73.8 Å². The van der Waals surface area contributed by atoms with Crippen molar-refractivity contribution in [3.8, 4) is 0 Å². The first-order chi connectivity index (χ1) is 10.2. The number of benzene rings is 2. The molecule has 0 aromatic heterocycles.